The lowest BCUT2D eigenvalue weighted by molar-refractivity contribution is 0.308. The Hall–Kier alpha value is -0.980. The molecule has 0 aliphatic carbocycles. The summed E-state index contributed by atoms with van der Waals surface area (Å²) in [6, 6.07) is 8.49. The van der Waals surface area contributed by atoms with Crippen molar-refractivity contribution in [2.24, 2.45) is 10.7 Å². The summed E-state index contributed by atoms with van der Waals surface area (Å²) in [5, 5.41) is 3.15. The molecular weight excluding hydrogens is 377 g/mol. The molecule has 0 aromatic heterocycles. The van der Waals surface area contributed by atoms with Gasteiger partial charge in [0.2, 0.25) is 0 Å². The van der Waals surface area contributed by atoms with Gasteiger partial charge in [-0.25, -0.2) is 0 Å². The second-order valence-electron chi connectivity index (χ2n) is 5.09. The number of guanidine groups is 1. The lowest BCUT2D eigenvalue weighted by atomic mass is 10.2. The standard InChI is InChI=1S/C16H27N3O.HI/c1-4-14(3)19-16(17)18-11-5-6-12-20-15-9-7-13(2)8-10-15;/h7-10,14H,4-6,11-12H2,1-3H3,(H3,17,18,19);1H. The molecule has 1 unspecified atom stereocenters. The number of aliphatic imine (C=N–C) groups is 1. The van der Waals surface area contributed by atoms with Gasteiger partial charge in [-0.3, -0.25) is 4.99 Å². The van der Waals surface area contributed by atoms with Crippen LogP contribution >= 0.6 is 24.0 Å². The largest absolute Gasteiger partial charge is 0.494 e. The van der Waals surface area contributed by atoms with Crippen LogP contribution in [0.5, 0.6) is 5.75 Å². The number of benzene rings is 1. The summed E-state index contributed by atoms with van der Waals surface area (Å²) in [4.78, 5) is 4.30. The Balaban J connectivity index is 0.00000400. The lowest BCUT2D eigenvalue weighted by Gasteiger charge is -2.11. The topological polar surface area (TPSA) is 59.6 Å². The minimum atomic E-state index is 0. The van der Waals surface area contributed by atoms with Crippen molar-refractivity contribution >= 4 is 29.9 Å². The molecule has 0 fully saturated rings. The molecule has 0 aliphatic heterocycles. The van der Waals surface area contributed by atoms with Gasteiger partial charge in [0.15, 0.2) is 5.96 Å². The third-order valence-electron chi connectivity index (χ3n) is 3.13. The van der Waals surface area contributed by atoms with Crippen LogP contribution in [0.25, 0.3) is 0 Å². The fourth-order valence-electron chi connectivity index (χ4n) is 1.64. The van der Waals surface area contributed by atoms with Crippen LogP contribution in [0.2, 0.25) is 0 Å². The Morgan fingerprint density at radius 3 is 2.57 bits per heavy atom. The Kier molecular flexibility index (Phi) is 11.1. The van der Waals surface area contributed by atoms with Gasteiger partial charge in [-0.05, 0) is 45.2 Å². The second kappa shape index (κ2) is 11.7. The fourth-order valence-corrected chi connectivity index (χ4v) is 1.64. The van der Waals surface area contributed by atoms with Gasteiger partial charge >= 0.3 is 0 Å². The van der Waals surface area contributed by atoms with Crippen molar-refractivity contribution in [3.8, 4) is 5.75 Å². The molecule has 0 heterocycles. The van der Waals surface area contributed by atoms with E-state index >= 15 is 0 Å². The monoisotopic (exact) mass is 405 g/mol. The molecule has 4 nitrogen and oxygen atoms in total. The van der Waals surface area contributed by atoms with E-state index in [0.29, 0.717) is 12.0 Å². The third kappa shape index (κ3) is 9.55. The van der Waals surface area contributed by atoms with Crippen LogP contribution in [-0.4, -0.2) is 25.2 Å². The van der Waals surface area contributed by atoms with Gasteiger partial charge in [-0.1, -0.05) is 24.6 Å². The van der Waals surface area contributed by atoms with E-state index in [1.165, 1.54) is 5.56 Å². The molecule has 0 aliphatic rings. The Bertz CT molecular complexity index is 406. The molecule has 0 radical (unpaired) electrons. The second-order valence-corrected chi connectivity index (χ2v) is 5.09. The summed E-state index contributed by atoms with van der Waals surface area (Å²) in [5.41, 5.74) is 7.02. The maximum atomic E-state index is 5.78. The molecular formula is C16H28IN3O. The molecule has 120 valence electrons. The average molecular weight is 405 g/mol. The Morgan fingerprint density at radius 1 is 1.29 bits per heavy atom. The number of unbranched alkanes of at least 4 members (excludes halogenated alkanes) is 1. The first kappa shape index (κ1) is 20.0. The molecule has 5 heteroatoms. The highest BCUT2D eigenvalue weighted by Gasteiger charge is 1.98. The van der Waals surface area contributed by atoms with Gasteiger partial charge in [0, 0.05) is 12.6 Å². The summed E-state index contributed by atoms with van der Waals surface area (Å²) < 4.78 is 5.65. The van der Waals surface area contributed by atoms with Crippen molar-refractivity contribution in [2.45, 2.75) is 46.1 Å². The highest BCUT2D eigenvalue weighted by Crippen LogP contribution is 2.11. The molecule has 0 saturated heterocycles. The smallest absolute Gasteiger partial charge is 0.188 e. The van der Waals surface area contributed by atoms with Crippen LogP contribution in [0, 0.1) is 6.92 Å². The van der Waals surface area contributed by atoms with E-state index in [-0.39, 0.29) is 24.0 Å². The van der Waals surface area contributed by atoms with E-state index in [0.717, 1.165) is 38.2 Å². The zero-order chi connectivity index (χ0) is 14.8. The van der Waals surface area contributed by atoms with Gasteiger partial charge in [0.1, 0.15) is 5.75 Å². The highest BCUT2D eigenvalue weighted by molar-refractivity contribution is 14.0. The van der Waals surface area contributed by atoms with Crippen LogP contribution in [0.1, 0.15) is 38.7 Å². The number of aryl methyl sites for hydroxylation is 1. The fraction of sp³-hybridized carbons (Fsp3) is 0.562. The van der Waals surface area contributed by atoms with E-state index < -0.39 is 0 Å². The Morgan fingerprint density at radius 2 is 1.95 bits per heavy atom. The quantitative estimate of drug-likeness (QED) is 0.301. The lowest BCUT2D eigenvalue weighted by Crippen LogP contribution is -2.38. The zero-order valence-corrected chi connectivity index (χ0v) is 15.6. The van der Waals surface area contributed by atoms with Crippen LogP contribution in [-0.2, 0) is 0 Å². The predicted molar refractivity (Wildman–Crippen MR) is 101 cm³/mol. The number of nitrogens with two attached hydrogens (primary N) is 1. The van der Waals surface area contributed by atoms with E-state index in [9.17, 15) is 0 Å². The molecule has 1 rings (SSSR count). The predicted octanol–water partition coefficient (Wildman–Crippen LogP) is 3.47. The zero-order valence-electron chi connectivity index (χ0n) is 13.3. The van der Waals surface area contributed by atoms with Gasteiger partial charge in [-0.15, -0.1) is 24.0 Å². The third-order valence-corrected chi connectivity index (χ3v) is 3.13. The molecule has 1 aromatic carbocycles. The average Bonchev–Trinajstić information content (AvgIpc) is 2.44. The summed E-state index contributed by atoms with van der Waals surface area (Å²) in [5.74, 6) is 1.47. The van der Waals surface area contributed by atoms with Crippen molar-refractivity contribution in [1.29, 1.82) is 0 Å². The van der Waals surface area contributed by atoms with E-state index in [1.807, 2.05) is 12.1 Å². The summed E-state index contributed by atoms with van der Waals surface area (Å²) in [6.45, 7) is 7.74. The van der Waals surface area contributed by atoms with Gasteiger partial charge in [-0.2, -0.15) is 0 Å². The summed E-state index contributed by atoms with van der Waals surface area (Å²) >= 11 is 0. The summed E-state index contributed by atoms with van der Waals surface area (Å²) in [6.07, 6.45) is 3.00. The molecule has 3 N–H and O–H groups in total. The molecule has 21 heavy (non-hydrogen) atoms. The van der Waals surface area contributed by atoms with Crippen LogP contribution in [0.4, 0.5) is 0 Å². The van der Waals surface area contributed by atoms with Crippen molar-refractivity contribution in [1.82, 2.24) is 5.32 Å². The highest BCUT2D eigenvalue weighted by atomic mass is 127. The molecule has 1 atom stereocenters. The van der Waals surface area contributed by atoms with Crippen LogP contribution in [0.15, 0.2) is 29.3 Å². The molecule has 1 aromatic rings. The molecule has 0 bridgehead atoms. The number of nitrogens with one attached hydrogen (secondary N) is 1. The van der Waals surface area contributed by atoms with Crippen molar-refractivity contribution < 1.29 is 4.74 Å². The number of rotatable bonds is 8. The van der Waals surface area contributed by atoms with E-state index in [2.05, 4.69) is 43.2 Å². The number of halogens is 1. The number of nitrogens with zero attached hydrogens (tertiary/aromatic N) is 1. The van der Waals surface area contributed by atoms with Crippen molar-refractivity contribution in [3.05, 3.63) is 29.8 Å². The molecule has 0 amide bonds. The Labute approximate surface area is 145 Å². The van der Waals surface area contributed by atoms with Gasteiger partial charge in [0.05, 0.1) is 6.61 Å². The van der Waals surface area contributed by atoms with Crippen LogP contribution in [0.3, 0.4) is 0 Å². The molecule has 0 saturated carbocycles. The van der Waals surface area contributed by atoms with Crippen molar-refractivity contribution in [3.63, 3.8) is 0 Å². The number of hydrogen-bond donors (Lipinski definition) is 2. The van der Waals surface area contributed by atoms with E-state index in [4.69, 9.17) is 10.5 Å². The first-order valence-corrected chi connectivity index (χ1v) is 7.37. The molecule has 0 spiro atoms. The summed E-state index contributed by atoms with van der Waals surface area (Å²) in [7, 11) is 0. The first-order valence-electron chi connectivity index (χ1n) is 7.37. The minimum absolute atomic E-state index is 0. The SMILES string of the molecule is CCC(C)NC(N)=NCCCCOc1ccc(C)cc1.I. The maximum Gasteiger partial charge on any atom is 0.188 e. The van der Waals surface area contributed by atoms with Gasteiger partial charge < -0.3 is 15.8 Å². The van der Waals surface area contributed by atoms with Gasteiger partial charge in [0.25, 0.3) is 0 Å². The maximum absolute atomic E-state index is 5.78. The first-order chi connectivity index (χ1) is 9.61. The van der Waals surface area contributed by atoms with Crippen molar-refractivity contribution in [2.75, 3.05) is 13.2 Å². The normalized spacial score (nSPS) is 12.4. The minimum Gasteiger partial charge on any atom is -0.494 e. The number of ether oxygens (including phenoxy) is 1. The van der Waals surface area contributed by atoms with E-state index in [1.54, 1.807) is 0 Å². The van der Waals surface area contributed by atoms with Crippen LogP contribution < -0.4 is 15.8 Å². The number of hydrogen-bond acceptors (Lipinski definition) is 2.